The van der Waals surface area contributed by atoms with Crippen molar-refractivity contribution in [1.82, 2.24) is 4.90 Å². The fourth-order valence-electron chi connectivity index (χ4n) is 2.57. The van der Waals surface area contributed by atoms with Gasteiger partial charge in [-0.2, -0.15) is 0 Å². The van der Waals surface area contributed by atoms with Gasteiger partial charge in [-0.15, -0.1) is 0 Å². The average Bonchev–Trinajstić information content (AvgIpc) is 2.45. The highest BCUT2D eigenvalue weighted by atomic mass is 16.4. The molecule has 1 fully saturated rings. The Kier molecular flexibility index (Phi) is 4.62. The smallest absolute Gasteiger partial charge is 0.328 e. The van der Waals surface area contributed by atoms with E-state index in [0.29, 0.717) is 0 Å². The third-order valence-electron chi connectivity index (χ3n) is 3.70. The van der Waals surface area contributed by atoms with Crippen LogP contribution in [0.25, 0.3) is 6.08 Å². The molecule has 21 heavy (non-hydrogen) atoms. The first-order valence-electron chi connectivity index (χ1n) is 6.99. The molecule has 1 aromatic carbocycles. The third kappa shape index (κ3) is 3.84. The minimum absolute atomic E-state index is 0.125. The van der Waals surface area contributed by atoms with Crippen LogP contribution in [0.15, 0.2) is 24.3 Å². The minimum atomic E-state index is -0.947. The first kappa shape index (κ1) is 15.1. The Hall–Kier alpha value is -2.30. The Morgan fingerprint density at radius 1 is 1.19 bits per heavy atom. The van der Waals surface area contributed by atoms with E-state index in [9.17, 15) is 9.59 Å². The predicted octanol–water partition coefficient (Wildman–Crippen LogP) is 1.76. The van der Waals surface area contributed by atoms with Crippen LogP contribution in [0.2, 0.25) is 0 Å². The van der Waals surface area contributed by atoms with Gasteiger partial charge in [-0.05, 0) is 36.3 Å². The molecule has 1 aliphatic rings. The van der Waals surface area contributed by atoms with Crippen molar-refractivity contribution in [2.75, 3.05) is 31.1 Å². The molecule has 1 aliphatic heterocycles. The number of nitrogens with zero attached hydrogens (tertiary/aromatic N) is 2. The van der Waals surface area contributed by atoms with E-state index in [1.54, 1.807) is 13.0 Å². The Morgan fingerprint density at radius 2 is 1.86 bits per heavy atom. The quantitative estimate of drug-likeness (QED) is 0.861. The molecule has 5 heteroatoms. The number of aliphatic carboxylic acids is 1. The summed E-state index contributed by atoms with van der Waals surface area (Å²) in [6.07, 6.45) is 2.73. The summed E-state index contributed by atoms with van der Waals surface area (Å²) in [6.45, 7) is 6.76. The summed E-state index contributed by atoms with van der Waals surface area (Å²) < 4.78 is 0. The highest BCUT2D eigenvalue weighted by molar-refractivity contribution is 5.85. The van der Waals surface area contributed by atoms with Crippen LogP contribution in [0.1, 0.15) is 18.1 Å². The van der Waals surface area contributed by atoms with Crippen molar-refractivity contribution in [2.24, 2.45) is 0 Å². The Balaban J connectivity index is 2.08. The molecule has 1 amide bonds. The molecule has 0 saturated carbocycles. The van der Waals surface area contributed by atoms with E-state index in [1.165, 1.54) is 0 Å². The number of piperazine rings is 1. The van der Waals surface area contributed by atoms with E-state index >= 15 is 0 Å². The van der Waals surface area contributed by atoms with Crippen LogP contribution in [0.5, 0.6) is 0 Å². The number of rotatable bonds is 3. The van der Waals surface area contributed by atoms with E-state index in [2.05, 4.69) is 4.90 Å². The summed E-state index contributed by atoms with van der Waals surface area (Å²) in [5.74, 6) is -0.822. The highest BCUT2D eigenvalue weighted by Crippen LogP contribution is 2.23. The van der Waals surface area contributed by atoms with Gasteiger partial charge in [-0.25, -0.2) is 4.79 Å². The van der Waals surface area contributed by atoms with Gasteiger partial charge in [-0.3, -0.25) is 4.79 Å². The van der Waals surface area contributed by atoms with Gasteiger partial charge in [0.15, 0.2) is 0 Å². The lowest BCUT2D eigenvalue weighted by atomic mass is 10.1. The minimum Gasteiger partial charge on any atom is -0.478 e. The van der Waals surface area contributed by atoms with Crippen molar-refractivity contribution in [3.8, 4) is 0 Å². The normalized spacial score (nSPS) is 15.5. The molecule has 1 heterocycles. The zero-order valence-electron chi connectivity index (χ0n) is 12.4. The lowest BCUT2D eigenvalue weighted by molar-refractivity contribution is -0.131. The van der Waals surface area contributed by atoms with Gasteiger partial charge in [0, 0.05) is 44.9 Å². The molecule has 0 radical (unpaired) electrons. The number of hydrogen-bond donors (Lipinski definition) is 1. The Bertz CT molecular complexity index is 573. The third-order valence-corrected chi connectivity index (χ3v) is 3.70. The van der Waals surface area contributed by atoms with Gasteiger partial charge in [0.1, 0.15) is 0 Å². The molecular formula is C16H20N2O3. The maximum atomic E-state index is 11.3. The van der Waals surface area contributed by atoms with Crippen LogP contribution in [-0.4, -0.2) is 48.1 Å². The number of carboxylic acid groups (broad SMARTS) is 1. The number of carbonyl (C=O) groups excluding carboxylic acids is 1. The van der Waals surface area contributed by atoms with Crippen LogP contribution >= 0.6 is 0 Å². The summed E-state index contributed by atoms with van der Waals surface area (Å²) >= 11 is 0. The molecule has 0 aromatic heterocycles. The van der Waals surface area contributed by atoms with E-state index < -0.39 is 5.97 Å². The fraction of sp³-hybridized carbons (Fsp3) is 0.375. The summed E-state index contributed by atoms with van der Waals surface area (Å²) in [5.41, 5.74) is 3.13. The molecule has 1 N–H and O–H groups in total. The van der Waals surface area contributed by atoms with E-state index in [1.807, 2.05) is 30.0 Å². The molecule has 1 aromatic rings. The van der Waals surface area contributed by atoms with E-state index in [0.717, 1.165) is 49.1 Å². The SMILES string of the molecule is CC(=O)N1CCN(c2ccc(C=CC(=O)O)cc2C)CC1. The van der Waals surface area contributed by atoms with Crippen molar-refractivity contribution in [1.29, 1.82) is 0 Å². The molecular weight excluding hydrogens is 268 g/mol. The van der Waals surface area contributed by atoms with Gasteiger partial charge in [0.05, 0.1) is 0 Å². The van der Waals surface area contributed by atoms with Gasteiger partial charge in [0.25, 0.3) is 0 Å². The molecule has 0 atom stereocenters. The molecule has 112 valence electrons. The van der Waals surface area contributed by atoms with Crippen molar-refractivity contribution >= 4 is 23.6 Å². The molecule has 0 unspecified atom stereocenters. The van der Waals surface area contributed by atoms with Crippen LogP contribution in [0, 0.1) is 6.92 Å². The molecule has 0 aliphatic carbocycles. The Morgan fingerprint density at radius 3 is 2.38 bits per heavy atom. The molecule has 0 bridgehead atoms. The average molecular weight is 288 g/mol. The summed E-state index contributed by atoms with van der Waals surface area (Å²) in [4.78, 5) is 26.0. The highest BCUT2D eigenvalue weighted by Gasteiger charge is 2.19. The zero-order chi connectivity index (χ0) is 15.4. The van der Waals surface area contributed by atoms with Crippen LogP contribution in [0.3, 0.4) is 0 Å². The van der Waals surface area contributed by atoms with Crippen molar-refractivity contribution in [3.63, 3.8) is 0 Å². The fourth-order valence-corrected chi connectivity index (χ4v) is 2.57. The number of hydrogen-bond acceptors (Lipinski definition) is 3. The van der Waals surface area contributed by atoms with E-state index in [4.69, 9.17) is 5.11 Å². The monoisotopic (exact) mass is 288 g/mol. The van der Waals surface area contributed by atoms with Gasteiger partial charge < -0.3 is 14.9 Å². The van der Waals surface area contributed by atoms with Crippen LogP contribution in [0.4, 0.5) is 5.69 Å². The second kappa shape index (κ2) is 6.43. The number of amides is 1. The van der Waals surface area contributed by atoms with Crippen LogP contribution < -0.4 is 4.90 Å². The summed E-state index contributed by atoms with van der Waals surface area (Å²) in [6, 6.07) is 5.91. The summed E-state index contributed by atoms with van der Waals surface area (Å²) in [5, 5.41) is 8.64. The topological polar surface area (TPSA) is 60.9 Å². The lowest BCUT2D eigenvalue weighted by Gasteiger charge is -2.36. The zero-order valence-corrected chi connectivity index (χ0v) is 12.4. The standard InChI is InChI=1S/C16H20N2O3/c1-12-11-14(4-6-16(20)21)3-5-15(12)18-9-7-17(8-10-18)13(2)19/h3-6,11H,7-10H2,1-2H3,(H,20,21). The number of benzene rings is 1. The predicted molar refractivity (Wildman–Crippen MR) is 82.3 cm³/mol. The first-order chi connectivity index (χ1) is 9.97. The maximum absolute atomic E-state index is 11.3. The number of aryl methyl sites for hydroxylation is 1. The first-order valence-corrected chi connectivity index (χ1v) is 6.99. The van der Waals surface area contributed by atoms with Crippen molar-refractivity contribution < 1.29 is 14.7 Å². The van der Waals surface area contributed by atoms with Gasteiger partial charge in [-0.1, -0.05) is 6.07 Å². The molecule has 5 nitrogen and oxygen atoms in total. The summed E-state index contributed by atoms with van der Waals surface area (Å²) in [7, 11) is 0. The number of carbonyl (C=O) groups is 2. The van der Waals surface area contributed by atoms with Crippen molar-refractivity contribution in [2.45, 2.75) is 13.8 Å². The van der Waals surface area contributed by atoms with Crippen molar-refractivity contribution in [3.05, 3.63) is 35.4 Å². The van der Waals surface area contributed by atoms with E-state index in [-0.39, 0.29) is 5.91 Å². The number of anilines is 1. The van der Waals surface area contributed by atoms with Gasteiger partial charge in [0.2, 0.25) is 5.91 Å². The Labute approximate surface area is 124 Å². The second-order valence-electron chi connectivity index (χ2n) is 5.21. The van der Waals surface area contributed by atoms with Crippen LogP contribution in [-0.2, 0) is 9.59 Å². The molecule has 0 spiro atoms. The lowest BCUT2D eigenvalue weighted by Crippen LogP contribution is -2.48. The molecule has 2 rings (SSSR count). The maximum Gasteiger partial charge on any atom is 0.328 e. The molecule has 1 saturated heterocycles. The second-order valence-corrected chi connectivity index (χ2v) is 5.21. The largest absolute Gasteiger partial charge is 0.478 e. The number of carboxylic acids is 1. The van der Waals surface area contributed by atoms with Gasteiger partial charge >= 0.3 is 5.97 Å².